The van der Waals surface area contributed by atoms with Gasteiger partial charge in [-0.1, -0.05) is 18.2 Å². The van der Waals surface area contributed by atoms with E-state index in [-0.39, 0.29) is 5.91 Å². The third-order valence-electron chi connectivity index (χ3n) is 3.85. The first-order valence-electron chi connectivity index (χ1n) is 7.02. The van der Waals surface area contributed by atoms with Gasteiger partial charge in [0.1, 0.15) is 5.69 Å². The molecule has 0 atom stereocenters. The summed E-state index contributed by atoms with van der Waals surface area (Å²) in [7, 11) is 0. The number of fused-ring (bicyclic) bond motifs is 1. The minimum atomic E-state index is 0.0757. The van der Waals surface area contributed by atoms with Crippen LogP contribution in [0.1, 0.15) is 10.5 Å². The van der Waals surface area contributed by atoms with Gasteiger partial charge in [0, 0.05) is 37.1 Å². The molecule has 0 spiro atoms. The summed E-state index contributed by atoms with van der Waals surface area (Å²) in [5, 5.41) is 8.32. The molecule has 2 aromatic rings. The molecule has 106 valence electrons. The van der Waals surface area contributed by atoms with Crippen molar-refractivity contribution in [2.45, 2.75) is 0 Å². The Morgan fingerprint density at radius 2 is 1.95 bits per heavy atom. The molecule has 3 rings (SSSR count). The Balaban J connectivity index is 1.70. The van der Waals surface area contributed by atoms with Crippen molar-refractivity contribution in [3.63, 3.8) is 0 Å². The maximum atomic E-state index is 12.5. The number of nitrogens with one attached hydrogen (secondary N) is 1. The summed E-state index contributed by atoms with van der Waals surface area (Å²) >= 11 is 0. The number of carbonyl (C=O) groups is 1. The molecule has 20 heavy (non-hydrogen) atoms. The third-order valence-corrected chi connectivity index (χ3v) is 3.85. The lowest BCUT2D eigenvalue weighted by atomic mass is 10.2. The molecule has 1 saturated heterocycles. The first-order valence-corrected chi connectivity index (χ1v) is 7.02. The number of carbonyl (C=O) groups excluding carboxylic acids is 1. The number of piperazine rings is 1. The van der Waals surface area contributed by atoms with Crippen LogP contribution in [0.5, 0.6) is 0 Å². The summed E-state index contributed by atoms with van der Waals surface area (Å²) < 4.78 is 0. The molecule has 5 heteroatoms. The van der Waals surface area contributed by atoms with Gasteiger partial charge in [-0.05, 0) is 12.1 Å². The Morgan fingerprint density at radius 1 is 1.20 bits per heavy atom. The standard InChI is InChI=1S/C15H19N3O2/c19-10-9-17-5-7-18(8-6-17)15(20)14-11-12-3-1-2-4-13(12)16-14/h1-4,11,16,19H,5-10H2/p+1. The van der Waals surface area contributed by atoms with E-state index in [4.69, 9.17) is 5.11 Å². The summed E-state index contributed by atoms with van der Waals surface area (Å²) in [6.07, 6.45) is 0. The molecule has 0 bridgehead atoms. The zero-order valence-corrected chi connectivity index (χ0v) is 11.4. The molecule has 1 aliphatic heterocycles. The number of H-pyrrole nitrogens is 1. The van der Waals surface area contributed by atoms with Crippen LogP contribution in [0, 0.1) is 0 Å². The van der Waals surface area contributed by atoms with E-state index in [2.05, 4.69) is 9.88 Å². The Bertz CT molecular complexity index is 567. The quantitative estimate of drug-likeness (QED) is 0.835. The van der Waals surface area contributed by atoms with Crippen molar-refractivity contribution >= 4 is 16.8 Å². The summed E-state index contributed by atoms with van der Waals surface area (Å²) in [6, 6.07) is 9.86. The highest BCUT2D eigenvalue weighted by Gasteiger charge is 2.23. The largest absolute Gasteiger partial charge is 0.444 e. The molecule has 0 radical (unpaired) electrons. The fourth-order valence-corrected chi connectivity index (χ4v) is 2.69. The van der Waals surface area contributed by atoms with Crippen molar-refractivity contribution in [1.29, 1.82) is 0 Å². The van der Waals surface area contributed by atoms with E-state index in [9.17, 15) is 4.79 Å². The molecule has 0 unspecified atom stereocenters. The Morgan fingerprint density at radius 3 is 2.65 bits per heavy atom. The Hall–Kier alpha value is -1.85. The van der Waals surface area contributed by atoms with Gasteiger partial charge >= 0.3 is 0 Å². The second-order valence-electron chi connectivity index (χ2n) is 5.15. The molecule has 0 aliphatic carbocycles. The molecule has 1 fully saturated rings. The molecule has 2 heterocycles. The monoisotopic (exact) mass is 274 g/mol. The van der Waals surface area contributed by atoms with Crippen LogP contribution in [-0.4, -0.2) is 65.1 Å². The fraction of sp³-hybridized carbons (Fsp3) is 0.400. The molecule has 1 aliphatic rings. The van der Waals surface area contributed by atoms with Crippen molar-refractivity contribution < 1.29 is 9.90 Å². The SMILES string of the molecule is O=C(c1cc2ccccc2[nH]1)N1CCN(CC[OH2+])CC1. The zero-order chi connectivity index (χ0) is 13.9. The van der Waals surface area contributed by atoms with Crippen LogP contribution in [0.2, 0.25) is 0 Å². The maximum Gasteiger partial charge on any atom is 0.270 e. The number of aromatic amines is 1. The maximum absolute atomic E-state index is 12.5. The van der Waals surface area contributed by atoms with E-state index in [1.165, 1.54) is 0 Å². The highest BCUT2D eigenvalue weighted by Crippen LogP contribution is 2.16. The Labute approximate surface area is 117 Å². The molecular weight excluding hydrogens is 254 g/mol. The van der Waals surface area contributed by atoms with Crippen LogP contribution in [0.25, 0.3) is 10.9 Å². The van der Waals surface area contributed by atoms with Crippen molar-refractivity contribution in [3.05, 3.63) is 36.0 Å². The van der Waals surface area contributed by atoms with Gasteiger partial charge in [0.25, 0.3) is 5.91 Å². The fourth-order valence-electron chi connectivity index (χ4n) is 2.69. The van der Waals surface area contributed by atoms with Crippen LogP contribution in [0.4, 0.5) is 0 Å². The number of aromatic nitrogens is 1. The van der Waals surface area contributed by atoms with Crippen LogP contribution in [0.3, 0.4) is 0 Å². The average molecular weight is 274 g/mol. The topological polar surface area (TPSA) is 62.2 Å². The van der Waals surface area contributed by atoms with Gasteiger partial charge < -0.3 is 15.0 Å². The van der Waals surface area contributed by atoms with E-state index in [1.54, 1.807) is 0 Å². The summed E-state index contributed by atoms with van der Waals surface area (Å²) in [5.74, 6) is 0.0757. The van der Waals surface area contributed by atoms with Crippen molar-refractivity contribution in [1.82, 2.24) is 14.8 Å². The zero-order valence-electron chi connectivity index (χ0n) is 11.4. The number of nitrogens with zero attached hydrogens (tertiary/aromatic N) is 2. The minimum Gasteiger partial charge on any atom is -0.444 e. The van der Waals surface area contributed by atoms with E-state index < -0.39 is 0 Å². The smallest absolute Gasteiger partial charge is 0.270 e. The first-order chi connectivity index (χ1) is 9.78. The number of para-hydroxylation sites is 1. The number of benzene rings is 1. The van der Waals surface area contributed by atoms with Gasteiger partial charge in [0.05, 0.1) is 6.54 Å². The predicted molar refractivity (Wildman–Crippen MR) is 79.1 cm³/mol. The lowest BCUT2D eigenvalue weighted by molar-refractivity contribution is 0.0610. The molecular formula is C15H20N3O2+. The molecule has 1 aromatic carbocycles. The average Bonchev–Trinajstić information content (AvgIpc) is 2.91. The van der Waals surface area contributed by atoms with Crippen LogP contribution in [0.15, 0.2) is 30.3 Å². The van der Waals surface area contributed by atoms with E-state index in [0.29, 0.717) is 12.3 Å². The van der Waals surface area contributed by atoms with Gasteiger partial charge in [-0.2, -0.15) is 0 Å². The number of rotatable bonds is 3. The van der Waals surface area contributed by atoms with Crippen LogP contribution < -0.4 is 0 Å². The third kappa shape index (κ3) is 2.55. The second kappa shape index (κ2) is 5.64. The van der Waals surface area contributed by atoms with Gasteiger partial charge in [-0.3, -0.25) is 9.69 Å². The number of hydrogen-bond donors (Lipinski definition) is 1. The number of hydrogen-bond acceptors (Lipinski definition) is 2. The van der Waals surface area contributed by atoms with Gasteiger partial charge in [-0.25, -0.2) is 0 Å². The first kappa shape index (κ1) is 13.1. The van der Waals surface area contributed by atoms with Gasteiger partial charge in [-0.15, -0.1) is 0 Å². The van der Waals surface area contributed by atoms with Gasteiger partial charge in [0.15, 0.2) is 6.61 Å². The van der Waals surface area contributed by atoms with E-state index in [1.807, 2.05) is 35.2 Å². The lowest BCUT2D eigenvalue weighted by Crippen LogP contribution is -2.49. The van der Waals surface area contributed by atoms with Crippen LogP contribution >= 0.6 is 0 Å². The molecule has 3 N–H and O–H groups in total. The lowest BCUT2D eigenvalue weighted by Gasteiger charge is -2.33. The van der Waals surface area contributed by atoms with Crippen molar-refractivity contribution in [2.24, 2.45) is 0 Å². The molecule has 0 saturated carbocycles. The normalized spacial score (nSPS) is 16.8. The highest BCUT2D eigenvalue weighted by molar-refractivity contribution is 5.98. The molecule has 1 amide bonds. The predicted octanol–water partition coefficient (Wildman–Crippen LogP) is 0.650. The van der Waals surface area contributed by atoms with Gasteiger partial charge in [0.2, 0.25) is 0 Å². The minimum absolute atomic E-state index is 0.0757. The summed E-state index contributed by atoms with van der Waals surface area (Å²) in [4.78, 5) is 19.8. The van der Waals surface area contributed by atoms with Crippen molar-refractivity contribution in [2.75, 3.05) is 39.3 Å². The van der Waals surface area contributed by atoms with E-state index >= 15 is 0 Å². The molecule has 1 aromatic heterocycles. The number of amides is 1. The van der Waals surface area contributed by atoms with E-state index in [0.717, 1.165) is 43.6 Å². The summed E-state index contributed by atoms with van der Waals surface area (Å²) in [6.45, 7) is 4.45. The second-order valence-corrected chi connectivity index (χ2v) is 5.15. The van der Waals surface area contributed by atoms with Crippen molar-refractivity contribution in [3.8, 4) is 0 Å². The van der Waals surface area contributed by atoms with Crippen LogP contribution in [-0.2, 0) is 0 Å². The molecule has 5 nitrogen and oxygen atoms in total. The Kier molecular flexibility index (Phi) is 3.71. The summed E-state index contributed by atoms with van der Waals surface area (Å²) in [5.41, 5.74) is 1.67. The highest BCUT2D eigenvalue weighted by atomic mass is 16.3.